The van der Waals surface area contributed by atoms with Crippen molar-refractivity contribution in [2.24, 2.45) is 17.6 Å². The van der Waals surface area contributed by atoms with Gasteiger partial charge in [0.15, 0.2) is 0 Å². The van der Waals surface area contributed by atoms with E-state index in [0.717, 1.165) is 38.9 Å². The fourth-order valence-electron chi connectivity index (χ4n) is 3.51. The van der Waals surface area contributed by atoms with Gasteiger partial charge >= 0.3 is 0 Å². The van der Waals surface area contributed by atoms with E-state index in [1.54, 1.807) is 0 Å². The zero-order chi connectivity index (χ0) is 13.5. The summed E-state index contributed by atoms with van der Waals surface area (Å²) in [6.45, 7) is 5.01. The van der Waals surface area contributed by atoms with E-state index in [-0.39, 0.29) is 11.8 Å². The summed E-state index contributed by atoms with van der Waals surface area (Å²) < 4.78 is 0. The highest BCUT2D eigenvalue weighted by Crippen LogP contribution is 2.30. The fraction of sp³-hybridized carbons (Fsp3) is 0.933. The Morgan fingerprint density at radius 3 is 2.74 bits per heavy atom. The number of carbonyl (C=O) groups is 1. The zero-order valence-electron chi connectivity index (χ0n) is 12.1. The molecule has 0 aromatic heterocycles. The first-order chi connectivity index (χ1) is 9.29. The lowest BCUT2D eigenvalue weighted by atomic mass is 9.79. The van der Waals surface area contributed by atoms with Gasteiger partial charge in [-0.25, -0.2) is 0 Å². The molecule has 2 atom stereocenters. The molecule has 0 spiro atoms. The van der Waals surface area contributed by atoms with Crippen molar-refractivity contribution in [2.45, 2.75) is 44.9 Å². The average Bonchev–Trinajstić information content (AvgIpc) is 2.92. The molecule has 1 aliphatic heterocycles. The van der Waals surface area contributed by atoms with E-state index in [4.69, 9.17) is 5.73 Å². The van der Waals surface area contributed by atoms with Crippen molar-refractivity contribution in [1.29, 1.82) is 0 Å². The van der Waals surface area contributed by atoms with Crippen LogP contribution < -0.4 is 11.1 Å². The van der Waals surface area contributed by atoms with Crippen LogP contribution in [0.2, 0.25) is 0 Å². The Bertz CT molecular complexity index is 275. The molecule has 0 radical (unpaired) electrons. The Balaban J connectivity index is 1.64. The van der Waals surface area contributed by atoms with Gasteiger partial charge in [-0.15, -0.1) is 0 Å². The predicted molar refractivity (Wildman–Crippen MR) is 77.8 cm³/mol. The first kappa shape index (κ1) is 14.8. The summed E-state index contributed by atoms with van der Waals surface area (Å²) in [7, 11) is 0. The molecule has 4 heteroatoms. The Hall–Kier alpha value is -0.610. The highest BCUT2D eigenvalue weighted by molar-refractivity contribution is 5.78. The van der Waals surface area contributed by atoms with Gasteiger partial charge in [-0.3, -0.25) is 4.79 Å². The minimum atomic E-state index is 0.240. The zero-order valence-corrected chi connectivity index (χ0v) is 12.1. The van der Waals surface area contributed by atoms with Gasteiger partial charge in [0, 0.05) is 19.0 Å². The van der Waals surface area contributed by atoms with Crippen LogP contribution in [-0.2, 0) is 4.79 Å². The van der Waals surface area contributed by atoms with Crippen molar-refractivity contribution in [2.75, 3.05) is 32.7 Å². The Morgan fingerprint density at radius 2 is 2.00 bits per heavy atom. The smallest absolute Gasteiger partial charge is 0.223 e. The molecule has 4 nitrogen and oxygen atoms in total. The normalized spacial score (nSPS) is 28.5. The molecule has 2 unspecified atom stereocenters. The van der Waals surface area contributed by atoms with Crippen LogP contribution in [0.3, 0.4) is 0 Å². The maximum atomic E-state index is 12.2. The quantitative estimate of drug-likeness (QED) is 0.764. The number of likely N-dealkylation sites (tertiary alicyclic amines) is 1. The van der Waals surface area contributed by atoms with Crippen molar-refractivity contribution >= 4 is 5.91 Å². The third kappa shape index (κ3) is 4.77. The molecule has 2 fully saturated rings. The summed E-state index contributed by atoms with van der Waals surface area (Å²) in [5.74, 6) is 1.19. The monoisotopic (exact) mass is 267 g/mol. The second-order valence-corrected chi connectivity index (χ2v) is 6.15. The average molecular weight is 267 g/mol. The summed E-state index contributed by atoms with van der Waals surface area (Å²) in [6.07, 6.45) is 8.28. The van der Waals surface area contributed by atoms with Crippen LogP contribution in [0.15, 0.2) is 0 Å². The number of nitrogens with one attached hydrogen (secondary N) is 1. The molecular weight excluding hydrogens is 238 g/mol. The van der Waals surface area contributed by atoms with E-state index in [2.05, 4.69) is 10.2 Å². The number of nitrogens with zero attached hydrogens (tertiary/aromatic N) is 1. The molecule has 1 heterocycles. The molecule has 1 saturated carbocycles. The fourth-order valence-corrected chi connectivity index (χ4v) is 3.51. The summed E-state index contributed by atoms with van der Waals surface area (Å²) in [5.41, 5.74) is 5.62. The van der Waals surface area contributed by atoms with Crippen LogP contribution in [0, 0.1) is 11.8 Å². The number of hydrogen-bond donors (Lipinski definition) is 2. The minimum Gasteiger partial charge on any atom is -0.355 e. The highest BCUT2D eigenvalue weighted by Gasteiger charge is 2.26. The van der Waals surface area contributed by atoms with Crippen LogP contribution in [0.1, 0.15) is 44.9 Å². The summed E-state index contributed by atoms with van der Waals surface area (Å²) in [5, 5.41) is 3.13. The molecule has 2 aliphatic rings. The molecule has 110 valence electrons. The molecule has 3 N–H and O–H groups in total. The Morgan fingerprint density at radius 1 is 1.21 bits per heavy atom. The van der Waals surface area contributed by atoms with Crippen LogP contribution in [0.25, 0.3) is 0 Å². The lowest BCUT2D eigenvalue weighted by molar-refractivity contribution is -0.126. The van der Waals surface area contributed by atoms with Crippen molar-refractivity contribution in [1.82, 2.24) is 10.2 Å². The number of carbonyl (C=O) groups excluding carboxylic acids is 1. The van der Waals surface area contributed by atoms with E-state index >= 15 is 0 Å². The second kappa shape index (κ2) is 7.85. The summed E-state index contributed by atoms with van der Waals surface area (Å²) >= 11 is 0. The molecule has 0 aromatic carbocycles. The maximum Gasteiger partial charge on any atom is 0.223 e. The van der Waals surface area contributed by atoms with E-state index in [0.29, 0.717) is 5.92 Å². The third-order valence-corrected chi connectivity index (χ3v) is 4.65. The Kier molecular flexibility index (Phi) is 6.11. The molecular formula is C15H29N3O. The van der Waals surface area contributed by atoms with E-state index in [1.165, 1.54) is 38.8 Å². The third-order valence-electron chi connectivity index (χ3n) is 4.65. The molecule has 2 rings (SSSR count). The van der Waals surface area contributed by atoms with Crippen LogP contribution >= 0.6 is 0 Å². The number of rotatable bonds is 6. The van der Waals surface area contributed by atoms with E-state index in [9.17, 15) is 4.79 Å². The van der Waals surface area contributed by atoms with Crippen LogP contribution in [0.5, 0.6) is 0 Å². The predicted octanol–water partition coefficient (Wildman–Crippen LogP) is 1.35. The minimum absolute atomic E-state index is 0.240. The van der Waals surface area contributed by atoms with Crippen molar-refractivity contribution < 1.29 is 4.79 Å². The van der Waals surface area contributed by atoms with Gasteiger partial charge in [0.2, 0.25) is 5.91 Å². The van der Waals surface area contributed by atoms with Crippen LogP contribution in [0.4, 0.5) is 0 Å². The Labute approximate surface area is 117 Å². The molecule has 1 aliphatic carbocycles. The van der Waals surface area contributed by atoms with Gasteiger partial charge in [-0.05, 0) is 57.7 Å². The first-order valence-electron chi connectivity index (χ1n) is 7.99. The standard InChI is InChI=1S/C15H29N3O/c16-7-6-13-4-3-5-14(12-13)15(19)17-8-11-18-9-1-2-10-18/h13-14H,1-12,16H2,(H,17,19). The van der Waals surface area contributed by atoms with Gasteiger partial charge in [-0.2, -0.15) is 0 Å². The van der Waals surface area contributed by atoms with Crippen molar-refractivity contribution in [3.05, 3.63) is 0 Å². The van der Waals surface area contributed by atoms with Gasteiger partial charge in [0.1, 0.15) is 0 Å². The summed E-state index contributed by atoms with van der Waals surface area (Å²) in [6, 6.07) is 0. The SMILES string of the molecule is NCCC1CCCC(C(=O)NCCN2CCCC2)C1. The lowest BCUT2D eigenvalue weighted by Crippen LogP contribution is -2.38. The number of nitrogens with two attached hydrogens (primary N) is 1. The topological polar surface area (TPSA) is 58.4 Å². The molecule has 19 heavy (non-hydrogen) atoms. The van der Waals surface area contributed by atoms with Gasteiger partial charge in [0.25, 0.3) is 0 Å². The number of hydrogen-bond acceptors (Lipinski definition) is 3. The van der Waals surface area contributed by atoms with Crippen molar-refractivity contribution in [3.8, 4) is 0 Å². The maximum absolute atomic E-state index is 12.2. The highest BCUT2D eigenvalue weighted by atomic mass is 16.1. The first-order valence-corrected chi connectivity index (χ1v) is 7.99. The lowest BCUT2D eigenvalue weighted by Gasteiger charge is -2.28. The number of amides is 1. The van der Waals surface area contributed by atoms with Crippen molar-refractivity contribution in [3.63, 3.8) is 0 Å². The van der Waals surface area contributed by atoms with Gasteiger partial charge < -0.3 is 16.0 Å². The van der Waals surface area contributed by atoms with Gasteiger partial charge in [0.05, 0.1) is 0 Å². The molecule has 0 bridgehead atoms. The summed E-state index contributed by atoms with van der Waals surface area (Å²) in [4.78, 5) is 14.6. The van der Waals surface area contributed by atoms with E-state index < -0.39 is 0 Å². The molecule has 1 amide bonds. The largest absolute Gasteiger partial charge is 0.355 e. The van der Waals surface area contributed by atoms with Gasteiger partial charge in [-0.1, -0.05) is 12.8 Å². The molecule has 1 saturated heterocycles. The van der Waals surface area contributed by atoms with Crippen LogP contribution in [-0.4, -0.2) is 43.5 Å². The second-order valence-electron chi connectivity index (χ2n) is 6.15. The molecule has 0 aromatic rings. The van der Waals surface area contributed by atoms with E-state index in [1.807, 2.05) is 0 Å².